The topological polar surface area (TPSA) is 95.5 Å². The number of benzene rings is 1. The fourth-order valence-corrected chi connectivity index (χ4v) is 1.21. The maximum Gasteiger partial charge on any atom is 0.322 e. The van der Waals surface area contributed by atoms with Crippen LogP contribution in [0.5, 0.6) is 0 Å². The molecule has 3 N–H and O–H groups in total. The number of carbonyl (C=O) groups is 3. The van der Waals surface area contributed by atoms with Crippen molar-refractivity contribution >= 4 is 23.9 Å². The predicted molar refractivity (Wildman–Crippen MR) is 69.1 cm³/mol. The minimum atomic E-state index is -1.17. The third-order valence-electron chi connectivity index (χ3n) is 2.16. The number of carbonyl (C=O) groups excluding carboxylic acids is 2. The monoisotopic (exact) mass is 280 g/mol. The maximum absolute atomic E-state index is 12.6. The average molecular weight is 280 g/mol. The van der Waals surface area contributed by atoms with E-state index in [9.17, 15) is 18.8 Å². The molecule has 20 heavy (non-hydrogen) atoms. The second-order valence-corrected chi connectivity index (χ2v) is 3.77. The van der Waals surface area contributed by atoms with E-state index < -0.39 is 24.3 Å². The number of hydrogen-bond acceptors (Lipinski definition) is 3. The highest BCUT2D eigenvalue weighted by Crippen LogP contribution is 2.04. The molecule has 0 bridgehead atoms. The minimum absolute atomic E-state index is 0.320. The Morgan fingerprint density at radius 3 is 2.35 bits per heavy atom. The number of hydrogen-bond donors (Lipinski definition) is 3. The minimum Gasteiger partial charge on any atom is -0.480 e. The van der Waals surface area contributed by atoms with Gasteiger partial charge in [-0.05, 0) is 23.8 Å². The molecule has 0 unspecified atom stereocenters. The largest absolute Gasteiger partial charge is 0.480 e. The Labute approximate surface area is 114 Å². The summed E-state index contributed by atoms with van der Waals surface area (Å²) >= 11 is 0. The van der Waals surface area contributed by atoms with Crippen molar-refractivity contribution in [1.29, 1.82) is 0 Å². The lowest BCUT2D eigenvalue weighted by atomic mass is 10.2. The molecule has 0 saturated carbocycles. The molecular formula is C13H13FN2O4. The van der Waals surface area contributed by atoms with Crippen LogP contribution in [-0.2, 0) is 14.4 Å². The summed E-state index contributed by atoms with van der Waals surface area (Å²) in [6.07, 6.45) is 2.65. The molecule has 0 saturated heterocycles. The summed E-state index contributed by atoms with van der Waals surface area (Å²) in [5.41, 5.74) is 0.636. The Hall–Kier alpha value is -2.70. The van der Waals surface area contributed by atoms with Crippen LogP contribution in [0.15, 0.2) is 30.3 Å². The lowest BCUT2D eigenvalue weighted by molar-refractivity contribution is -0.137. The zero-order chi connectivity index (χ0) is 15.0. The number of rotatable bonds is 6. The normalized spacial score (nSPS) is 10.2. The molecular weight excluding hydrogens is 267 g/mol. The van der Waals surface area contributed by atoms with E-state index in [0.717, 1.165) is 0 Å². The first-order valence-electron chi connectivity index (χ1n) is 5.67. The molecule has 0 fully saturated rings. The summed E-state index contributed by atoms with van der Waals surface area (Å²) in [7, 11) is 0. The fourth-order valence-electron chi connectivity index (χ4n) is 1.21. The molecule has 1 rings (SSSR count). The van der Waals surface area contributed by atoms with Gasteiger partial charge < -0.3 is 15.7 Å². The second-order valence-electron chi connectivity index (χ2n) is 3.77. The number of amides is 2. The Kier molecular flexibility index (Phi) is 5.89. The zero-order valence-corrected chi connectivity index (χ0v) is 10.4. The van der Waals surface area contributed by atoms with E-state index in [2.05, 4.69) is 10.6 Å². The molecule has 6 nitrogen and oxygen atoms in total. The van der Waals surface area contributed by atoms with Crippen molar-refractivity contribution in [3.05, 3.63) is 41.7 Å². The average Bonchev–Trinajstić information content (AvgIpc) is 2.42. The van der Waals surface area contributed by atoms with Gasteiger partial charge in [0.25, 0.3) is 0 Å². The van der Waals surface area contributed by atoms with Gasteiger partial charge in [-0.15, -0.1) is 0 Å². The molecule has 0 aliphatic rings. The van der Waals surface area contributed by atoms with Gasteiger partial charge in [-0.1, -0.05) is 12.1 Å². The quantitative estimate of drug-likeness (QED) is 0.647. The van der Waals surface area contributed by atoms with Crippen molar-refractivity contribution in [3.63, 3.8) is 0 Å². The highest BCUT2D eigenvalue weighted by atomic mass is 19.1. The third-order valence-corrected chi connectivity index (χ3v) is 2.16. The van der Waals surface area contributed by atoms with Crippen LogP contribution in [0.2, 0.25) is 0 Å². The van der Waals surface area contributed by atoms with E-state index in [-0.39, 0.29) is 12.4 Å². The molecule has 0 spiro atoms. The first-order chi connectivity index (χ1) is 9.47. The van der Waals surface area contributed by atoms with Gasteiger partial charge in [-0.25, -0.2) is 4.39 Å². The van der Waals surface area contributed by atoms with Crippen molar-refractivity contribution in [2.24, 2.45) is 0 Å². The SMILES string of the molecule is O=C(O)CNC(=O)CNC(=O)/C=C/c1ccc(F)cc1. The fraction of sp³-hybridized carbons (Fsp3) is 0.154. The summed E-state index contributed by atoms with van der Waals surface area (Å²) in [6, 6.07) is 5.52. The van der Waals surface area contributed by atoms with Gasteiger partial charge in [0.15, 0.2) is 0 Å². The first-order valence-corrected chi connectivity index (χ1v) is 5.67. The van der Waals surface area contributed by atoms with Gasteiger partial charge in [0.05, 0.1) is 6.54 Å². The highest BCUT2D eigenvalue weighted by molar-refractivity contribution is 5.94. The lowest BCUT2D eigenvalue weighted by Gasteiger charge is -2.02. The van der Waals surface area contributed by atoms with Crippen molar-refractivity contribution in [1.82, 2.24) is 10.6 Å². The third kappa shape index (κ3) is 6.29. The van der Waals surface area contributed by atoms with E-state index in [1.165, 1.54) is 36.4 Å². The van der Waals surface area contributed by atoms with E-state index >= 15 is 0 Å². The number of carboxylic acid groups (broad SMARTS) is 1. The van der Waals surface area contributed by atoms with Crippen LogP contribution in [0.1, 0.15) is 5.56 Å². The molecule has 0 heterocycles. The van der Waals surface area contributed by atoms with Gasteiger partial charge in [0.1, 0.15) is 12.4 Å². The second kappa shape index (κ2) is 7.67. The molecule has 1 aromatic carbocycles. The number of aliphatic carboxylic acids is 1. The molecule has 0 aliphatic carbocycles. The summed E-state index contributed by atoms with van der Waals surface area (Å²) in [5, 5.41) is 12.7. The maximum atomic E-state index is 12.6. The molecule has 0 atom stereocenters. The van der Waals surface area contributed by atoms with Crippen molar-refractivity contribution in [2.45, 2.75) is 0 Å². The van der Waals surface area contributed by atoms with Gasteiger partial charge in [-0.3, -0.25) is 14.4 Å². The Morgan fingerprint density at radius 1 is 1.10 bits per heavy atom. The Balaban J connectivity index is 2.34. The first kappa shape index (κ1) is 15.4. The van der Waals surface area contributed by atoms with Crippen molar-refractivity contribution in [2.75, 3.05) is 13.1 Å². The van der Waals surface area contributed by atoms with Gasteiger partial charge >= 0.3 is 5.97 Å². The van der Waals surface area contributed by atoms with Crippen molar-refractivity contribution in [3.8, 4) is 0 Å². The Morgan fingerprint density at radius 2 is 1.75 bits per heavy atom. The van der Waals surface area contributed by atoms with Crippen LogP contribution in [0, 0.1) is 5.82 Å². The number of halogens is 1. The smallest absolute Gasteiger partial charge is 0.322 e. The molecule has 7 heteroatoms. The van der Waals surface area contributed by atoms with Crippen LogP contribution in [0.4, 0.5) is 4.39 Å². The predicted octanol–water partition coefficient (Wildman–Crippen LogP) is 0.156. The van der Waals surface area contributed by atoms with E-state index in [4.69, 9.17) is 5.11 Å². The van der Waals surface area contributed by atoms with Crippen molar-refractivity contribution < 1.29 is 23.9 Å². The van der Waals surface area contributed by atoms with Gasteiger partial charge in [0, 0.05) is 6.08 Å². The van der Waals surface area contributed by atoms with Gasteiger partial charge in [0.2, 0.25) is 11.8 Å². The number of nitrogens with one attached hydrogen (secondary N) is 2. The van der Waals surface area contributed by atoms with E-state index in [0.29, 0.717) is 5.56 Å². The van der Waals surface area contributed by atoms with Gasteiger partial charge in [-0.2, -0.15) is 0 Å². The van der Waals surface area contributed by atoms with Crippen LogP contribution < -0.4 is 10.6 Å². The molecule has 0 aliphatic heterocycles. The molecule has 0 aromatic heterocycles. The molecule has 106 valence electrons. The summed E-state index contributed by atoms with van der Waals surface area (Å²) < 4.78 is 12.6. The molecule has 1 aromatic rings. The number of carboxylic acids is 1. The van der Waals surface area contributed by atoms with E-state index in [1.807, 2.05) is 0 Å². The van der Waals surface area contributed by atoms with E-state index in [1.54, 1.807) is 0 Å². The lowest BCUT2D eigenvalue weighted by Crippen LogP contribution is -2.38. The zero-order valence-electron chi connectivity index (χ0n) is 10.4. The summed E-state index contributed by atoms with van der Waals surface area (Å²) in [5.74, 6) is -2.65. The molecule has 2 amide bonds. The van der Waals surface area contributed by atoms with Crippen LogP contribution in [0.3, 0.4) is 0 Å². The standard InChI is InChI=1S/C13H13FN2O4/c14-10-4-1-9(2-5-10)3-6-11(17)15-7-12(18)16-8-13(19)20/h1-6H,7-8H2,(H,15,17)(H,16,18)(H,19,20)/b6-3+. The van der Waals surface area contributed by atoms with Crippen LogP contribution in [-0.4, -0.2) is 36.0 Å². The highest BCUT2D eigenvalue weighted by Gasteiger charge is 2.04. The summed E-state index contributed by atoms with van der Waals surface area (Å²) in [6.45, 7) is -0.819. The van der Waals surface area contributed by atoms with Crippen LogP contribution >= 0.6 is 0 Å². The molecule has 0 radical (unpaired) electrons. The van der Waals surface area contributed by atoms with Crippen LogP contribution in [0.25, 0.3) is 6.08 Å². The Bertz CT molecular complexity index is 526. The summed E-state index contributed by atoms with van der Waals surface area (Å²) in [4.78, 5) is 32.7.